The summed E-state index contributed by atoms with van der Waals surface area (Å²) < 4.78 is 5.76. The van der Waals surface area contributed by atoms with Crippen molar-refractivity contribution in [3.8, 4) is 5.75 Å². The molecule has 6 heteroatoms. The van der Waals surface area contributed by atoms with E-state index in [1.54, 1.807) is 14.1 Å². The van der Waals surface area contributed by atoms with Crippen molar-refractivity contribution in [2.24, 2.45) is 5.73 Å². The van der Waals surface area contributed by atoms with E-state index in [-0.39, 0.29) is 31.0 Å². The van der Waals surface area contributed by atoms with Crippen molar-refractivity contribution in [1.29, 1.82) is 0 Å². The molecule has 146 valence electrons. The molecule has 2 aromatic rings. The molecule has 0 radical (unpaired) electrons. The van der Waals surface area contributed by atoms with Gasteiger partial charge in [-0.15, -0.1) is 12.4 Å². The number of carbonyl (C=O) groups excluding carboxylic acids is 1. The fraction of sp³-hybridized carbons (Fsp3) is 0.381. The Kier molecular flexibility index (Phi) is 7.66. The predicted octanol–water partition coefficient (Wildman–Crippen LogP) is 2.50. The molecule has 0 saturated carbocycles. The van der Waals surface area contributed by atoms with Gasteiger partial charge in [0.25, 0.3) is 5.91 Å². The molecule has 1 amide bonds. The van der Waals surface area contributed by atoms with E-state index in [1.807, 2.05) is 24.3 Å². The van der Waals surface area contributed by atoms with E-state index >= 15 is 0 Å². The van der Waals surface area contributed by atoms with Crippen LogP contribution in [0.25, 0.3) is 0 Å². The van der Waals surface area contributed by atoms with Gasteiger partial charge in [0.2, 0.25) is 0 Å². The monoisotopic (exact) mass is 389 g/mol. The number of carbonyl (C=O) groups is 1. The molecule has 0 unspecified atom stereocenters. The Morgan fingerprint density at radius 3 is 2.48 bits per heavy atom. The number of amides is 1. The number of likely N-dealkylation sites (tertiary alicyclic amines) is 1. The Morgan fingerprint density at radius 1 is 1.11 bits per heavy atom. The topological polar surface area (TPSA) is 58.8 Å². The van der Waals surface area contributed by atoms with E-state index in [9.17, 15) is 4.79 Å². The SMILES string of the molecule is CN(C)C(=O)COc1ccccc1CN1C[C@@H](N)[C@H](c2ccccc2)C1.Cl. The summed E-state index contributed by atoms with van der Waals surface area (Å²) in [5.41, 5.74) is 8.78. The fourth-order valence-corrected chi connectivity index (χ4v) is 3.38. The number of likely N-dealkylation sites (N-methyl/N-ethyl adjacent to an activating group) is 1. The van der Waals surface area contributed by atoms with E-state index in [1.165, 1.54) is 10.5 Å². The Bertz CT molecular complexity index is 739. The highest BCUT2D eigenvalue weighted by Gasteiger charge is 2.31. The molecule has 3 rings (SSSR count). The molecule has 27 heavy (non-hydrogen) atoms. The molecular weight excluding hydrogens is 362 g/mol. The second-order valence-electron chi connectivity index (χ2n) is 7.06. The van der Waals surface area contributed by atoms with Crippen LogP contribution in [-0.2, 0) is 11.3 Å². The highest BCUT2D eigenvalue weighted by atomic mass is 35.5. The minimum atomic E-state index is -0.0489. The first kappa shape index (κ1) is 21.2. The van der Waals surface area contributed by atoms with E-state index in [2.05, 4.69) is 35.2 Å². The van der Waals surface area contributed by atoms with Gasteiger partial charge in [0.05, 0.1) is 0 Å². The number of para-hydroxylation sites is 1. The van der Waals surface area contributed by atoms with Crippen molar-refractivity contribution in [1.82, 2.24) is 9.80 Å². The third-order valence-corrected chi connectivity index (χ3v) is 4.88. The largest absolute Gasteiger partial charge is 0.483 e. The molecule has 0 aliphatic carbocycles. The van der Waals surface area contributed by atoms with Crippen molar-refractivity contribution >= 4 is 18.3 Å². The van der Waals surface area contributed by atoms with Crippen LogP contribution in [-0.4, -0.2) is 55.5 Å². The standard InChI is InChI=1S/C21H27N3O2.ClH/c1-23(2)21(25)15-26-20-11-7-6-10-17(20)12-24-13-18(19(22)14-24)16-8-4-3-5-9-16;/h3-11,18-19H,12-15,22H2,1-2H3;1H/t18-,19+;/m0./s1. The van der Waals surface area contributed by atoms with E-state index in [0.29, 0.717) is 5.92 Å². The Labute approximate surface area is 167 Å². The molecule has 0 bridgehead atoms. The summed E-state index contributed by atoms with van der Waals surface area (Å²) in [5, 5.41) is 0. The average molecular weight is 390 g/mol. The van der Waals surface area contributed by atoms with E-state index in [0.717, 1.165) is 30.9 Å². The zero-order valence-electron chi connectivity index (χ0n) is 15.9. The third kappa shape index (κ3) is 5.45. The summed E-state index contributed by atoms with van der Waals surface area (Å²) >= 11 is 0. The molecule has 0 spiro atoms. The van der Waals surface area contributed by atoms with Crippen LogP contribution in [0.5, 0.6) is 5.75 Å². The maximum atomic E-state index is 11.8. The van der Waals surface area contributed by atoms with E-state index in [4.69, 9.17) is 10.5 Å². The normalized spacial score (nSPS) is 19.4. The number of hydrogen-bond donors (Lipinski definition) is 1. The minimum Gasteiger partial charge on any atom is -0.483 e. The van der Waals surface area contributed by atoms with Crippen molar-refractivity contribution in [3.05, 3.63) is 65.7 Å². The summed E-state index contributed by atoms with van der Waals surface area (Å²) in [7, 11) is 3.46. The lowest BCUT2D eigenvalue weighted by Gasteiger charge is -2.19. The van der Waals surface area contributed by atoms with Crippen molar-refractivity contribution in [3.63, 3.8) is 0 Å². The van der Waals surface area contributed by atoms with Crippen molar-refractivity contribution in [2.75, 3.05) is 33.8 Å². The molecule has 5 nitrogen and oxygen atoms in total. The first-order valence-corrected chi connectivity index (χ1v) is 8.98. The number of benzene rings is 2. The van der Waals surface area contributed by atoms with Gasteiger partial charge < -0.3 is 15.4 Å². The number of hydrogen-bond acceptors (Lipinski definition) is 4. The molecule has 0 aromatic heterocycles. The van der Waals surface area contributed by atoms with Gasteiger partial charge in [-0.25, -0.2) is 0 Å². The number of halogens is 1. The fourth-order valence-electron chi connectivity index (χ4n) is 3.38. The molecule has 2 N–H and O–H groups in total. The Morgan fingerprint density at radius 2 is 1.78 bits per heavy atom. The van der Waals surface area contributed by atoms with Gasteiger partial charge >= 0.3 is 0 Å². The van der Waals surface area contributed by atoms with Crippen molar-refractivity contribution in [2.45, 2.75) is 18.5 Å². The molecule has 1 saturated heterocycles. The second-order valence-corrected chi connectivity index (χ2v) is 7.06. The summed E-state index contributed by atoms with van der Waals surface area (Å²) in [6.45, 7) is 2.60. The van der Waals surface area contributed by atoms with Gasteiger partial charge in [-0.05, 0) is 11.6 Å². The number of nitrogens with two attached hydrogens (primary N) is 1. The van der Waals surface area contributed by atoms with Gasteiger partial charge in [0.15, 0.2) is 6.61 Å². The summed E-state index contributed by atoms with van der Waals surface area (Å²) in [6, 6.07) is 18.5. The second kappa shape index (κ2) is 9.74. The van der Waals surface area contributed by atoms with Crippen LogP contribution in [0.2, 0.25) is 0 Å². The van der Waals surface area contributed by atoms with Gasteiger partial charge in [-0.3, -0.25) is 9.69 Å². The quantitative estimate of drug-likeness (QED) is 0.824. The average Bonchev–Trinajstić information content (AvgIpc) is 3.01. The van der Waals surface area contributed by atoms with Gasteiger partial charge in [0, 0.05) is 51.3 Å². The molecule has 2 aromatic carbocycles. The number of ether oxygens (including phenoxy) is 1. The molecular formula is C21H28ClN3O2. The van der Waals surface area contributed by atoms with Crippen LogP contribution in [0.4, 0.5) is 0 Å². The van der Waals surface area contributed by atoms with Crippen LogP contribution in [0.1, 0.15) is 17.0 Å². The highest BCUT2D eigenvalue weighted by Crippen LogP contribution is 2.29. The molecule has 1 fully saturated rings. The van der Waals surface area contributed by atoms with Crippen LogP contribution in [0.3, 0.4) is 0 Å². The molecule has 2 atom stereocenters. The lowest BCUT2D eigenvalue weighted by Crippen LogP contribution is -2.29. The highest BCUT2D eigenvalue weighted by molar-refractivity contribution is 5.85. The smallest absolute Gasteiger partial charge is 0.259 e. The van der Waals surface area contributed by atoms with Gasteiger partial charge in [-0.1, -0.05) is 48.5 Å². The molecule has 1 aliphatic heterocycles. The third-order valence-electron chi connectivity index (χ3n) is 4.88. The number of nitrogens with zero attached hydrogens (tertiary/aromatic N) is 2. The molecule has 1 heterocycles. The van der Waals surface area contributed by atoms with Gasteiger partial charge in [0.1, 0.15) is 5.75 Å². The lowest BCUT2D eigenvalue weighted by molar-refractivity contribution is -0.130. The maximum Gasteiger partial charge on any atom is 0.259 e. The summed E-state index contributed by atoms with van der Waals surface area (Å²) in [5.74, 6) is 1.06. The Hall–Kier alpha value is -2.08. The zero-order valence-corrected chi connectivity index (χ0v) is 16.7. The first-order valence-electron chi connectivity index (χ1n) is 8.98. The van der Waals surface area contributed by atoms with E-state index < -0.39 is 0 Å². The summed E-state index contributed by atoms with van der Waals surface area (Å²) in [4.78, 5) is 15.7. The van der Waals surface area contributed by atoms with Crippen LogP contribution >= 0.6 is 12.4 Å². The summed E-state index contributed by atoms with van der Waals surface area (Å²) in [6.07, 6.45) is 0. The van der Waals surface area contributed by atoms with Crippen molar-refractivity contribution < 1.29 is 9.53 Å². The Balaban J connectivity index is 0.00000261. The first-order chi connectivity index (χ1) is 12.5. The zero-order chi connectivity index (χ0) is 18.5. The molecule has 1 aliphatic rings. The van der Waals surface area contributed by atoms with Crippen LogP contribution < -0.4 is 10.5 Å². The number of rotatable bonds is 6. The predicted molar refractivity (Wildman–Crippen MR) is 110 cm³/mol. The lowest BCUT2D eigenvalue weighted by atomic mass is 9.95. The minimum absolute atomic E-state index is 0. The van der Waals surface area contributed by atoms with Crippen LogP contribution in [0.15, 0.2) is 54.6 Å². The van der Waals surface area contributed by atoms with Crippen LogP contribution in [0, 0.1) is 0 Å². The van der Waals surface area contributed by atoms with Gasteiger partial charge in [-0.2, -0.15) is 0 Å². The maximum absolute atomic E-state index is 11.8.